The van der Waals surface area contributed by atoms with Crippen molar-refractivity contribution in [2.75, 3.05) is 0 Å². The van der Waals surface area contributed by atoms with E-state index in [1.807, 2.05) is 6.07 Å². The summed E-state index contributed by atoms with van der Waals surface area (Å²) in [7, 11) is 0. The molecule has 0 aromatic heterocycles. The van der Waals surface area contributed by atoms with E-state index in [1.54, 1.807) is 24.3 Å². The third-order valence-corrected chi connectivity index (χ3v) is 1.10. The van der Waals surface area contributed by atoms with E-state index >= 15 is 0 Å². The van der Waals surface area contributed by atoms with E-state index in [0.29, 0.717) is 5.56 Å². The lowest BCUT2D eigenvalue weighted by atomic mass is 10.2. The van der Waals surface area contributed by atoms with E-state index in [-0.39, 0.29) is 0 Å². The minimum atomic E-state index is -1.73. The van der Waals surface area contributed by atoms with Crippen molar-refractivity contribution in [3.05, 3.63) is 35.9 Å². The van der Waals surface area contributed by atoms with Gasteiger partial charge in [-0.3, -0.25) is 0 Å². The van der Waals surface area contributed by atoms with Gasteiger partial charge in [0.1, 0.15) is 0 Å². The Kier molecular flexibility index (Phi) is 1.20. The molecular weight excluding hydrogens is 120 g/mol. The highest BCUT2D eigenvalue weighted by Crippen LogP contribution is 2.00. The highest BCUT2D eigenvalue weighted by atomic mass is 35.5. The van der Waals surface area contributed by atoms with Gasteiger partial charge in [0.15, 0.2) is 0 Å². The van der Waals surface area contributed by atoms with E-state index in [0.717, 1.165) is 0 Å². The first-order valence-electron chi connectivity index (χ1n) is 3.35. The quantitative estimate of drug-likeness (QED) is 0.510. The zero-order chi connectivity index (χ0) is 7.61. The molecule has 0 aliphatic rings. The molecule has 0 aliphatic heterocycles. The molecule has 0 nitrogen and oxygen atoms in total. The summed E-state index contributed by atoms with van der Waals surface area (Å²) in [5, 5.41) is 0. The van der Waals surface area contributed by atoms with Crippen LogP contribution in [0, 0.1) is 0 Å². The first-order chi connectivity index (χ1) is 4.61. The summed E-state index contributed by atoms with van der Waals surface area (Å²) in [6, 6.07) is 8.66. The average molecular weight is 129 g/mol. The van der Waals surface area contributed by atoms with E-state index in [1.165, 1.54) is 0 Å². The van der Waals surface area contributed by atoms with Gasteiger partial charge in [0, 0.05) is 8.57 Å². The van der Waals surface area contributed by atoms with Crippen molar-refractivity contribution in [3.8, 4) is 0 Å². The third kappa shape index (κ3) is 1.24. The molecular formula is C7H7Cl. The fourth-order valence-corrected chi connectivity index (χ4v) is 0.627. The number of halogens is 1. The van der Waals surface area contributed by atoms with Crippen LogP contribution in [-0.2, 0) is 5.83 Å². The van der Waals surface area contributed by atoms with Gasteiger partial charge in [0.05, 0.1) is 0 Å². The molecule has 1 rings (SSSR count). The van der Waals surface area contributed by atoms with Gasteiger partial charge < -0.3 is 0 Å². The van der Waals surface area contributed by atoms with E-state index < -0.39 is 5.83 Å². The first kappa shape index (κ1) is 3.52. The van der Waals surface area contributed by atoms with Crippen LogP contribution >= 0.6 is 11.6 Å². The number of benzene rings is 1. The molecule has 0 spiro atoms. The van der Waals surface area contributed by atoms with Gasteiger partial charge in [-0.05, 0) is 5.56 Å². The van der Waals surface area contributed by atoms with E-state index in [9.17, 15) is 0 Å². The fraction of sp³-hybridized carbons (Fsp3) is 0.143. The average Bonchev–Trinajstić information content (AvgIpc) is 1.88. The maximum atomic E-state index is 7.10. The maximum Gasteiger partial charge on any atom is 0.0486 e. The number of hydrogen-bond acceptors (Lipinski definition) is 0. The molecule has 0 N–H and O–H groups in total. The van der Waals surface area contributed by atoms with Crippen molar-refractivity contribution < 1.29 is 2.74 Å². The van der Waals surface area contributed by atoms with Crippen LogP contribution < -0.4 is 0 Å². The van der Waals surface area contributed by atoms with Crippen LogP contribution in [0.5, 0.6) is 0 Å². The van der Waals surface area contributed by atoms with Gasteiger partial charge in [-0.15, -0.1) is 11.6 Å². The van der Waals surface area contributed by atoms with Crippen LogP contribution in [-0.4, -0.2) is 0 Å². The standard InChI is InChI=1S/C7H7Cl/c8-6-7-4-2-1-3-5-7/h1-5H,6H2/i6D2. The molecule has 8 heavy (non-hydrogen) atoms. The molecule has 0 unspecified atom stereocenters. The van der Waals surface area contributed by atoms with Crippen LogP contribution in [0.2, 0.25) is 0 Å². The van der Waals surface area contributed by atoms with Crippen LogP contribution in [0.15, 0.2) is 30.3 Å². The van der Waals surface area contributed by atoms with Crippen molar-refractivity contribution in [1.29, 1.82) is 0 Å². The summed E-state index contributed by atoms with van der Waals surface area (Å²) in [5.41, 5.74) is 0.497. The first-order valence-corrected chi connectivity index (χ1v) is 2.73. The predicted octanol–water partition coefficient (Wildman–Crippen LogP) is 2.43. The van der Waals surface area contributed by atoms with Gasteiger partial charge in [-0.25, -0.2) is 0 Å². The Hall–Kier alpha value is -0.490. The Balaban J connectivity index is 2.97. The second kappa shape index (κ2) is 2.73. The summed E-state index contributed by atoms with van der Waals surface area (Å²) in [6.45, 7) is 0. The molecule has 0 saturated heterocycles. The molecule has 0 radical (unpaired) electrons. The van der Waals surface area contributed by atoms with Gasteiger partial charge in [-0.2, -0.15) is 0 Å². The Labute approximate surface area is 56.9 Å². The van der Waals surface area contributed by atoms with Gasteiger partial charge in [0.25, 0.3) is 0 Å². The van der Waals surface area contributed by atoms with Crippen LogP contribution in [0.25, 0.3) is 0 Å². The molecule has 0 bridgehead atoms. The van der Waals surface area contributed by atoms with Gasteiger partial charge >= 0.3 is 0 Å². The third-order valence-electron chi connectivity index (χ3n) is 0.883. The highest BCUT2D eigenvalue weighted by Gasteiger charge is 1.81. The second-order valence-corrected chi connectivity index (χ2v) is 1.65. The minimum absolute atomic E-state index is 0.497. The molecule has 0 fully saturated rings. The topological polar surface area (TPSA) is 0 Å². The molecule has 1 aromatic rings. The Morgan fingerprint density at radius 1 is 1.38 bits per heavy atom. The maximum absolute atomic E-state index is 7.10. The highest BCUT2D eigenvalue weighted by molar-refractivity contribution is 6.17. The van der Waals surface area contributed by atoms with Crippen LogP contribution in [0.4, 0.5) is 0 Å². The van der Waals surface area contributed by atoms with Gasteiger partial charge in [-0.1, -0.05) is 30.3 Å². The lowest BCUT2D eigenvalue weighted by Crippen LogP contribution is -1.71. The normalized spacial score (nSPS) is 14.6. The van der Waals surface area contributed by atoms with E-state index in [4.69, 9.17) is 14.3 Å². The molecule has 0 heterocycles. The summed E-state index contributed by atoms with van der Waals surface area (Å²) >= 11 is 5.39. The van der Waals surface area contributed by atoms with Crippen molar-refractivity contribution in [1.82, 2.24) is 0 Å². The zero-order valence-electron chi connectivity index (χ0n) is 6.26. The minimum Gasteiger partial charge on any atom is -0.122 e. The summed E-state index contributed by atoms with van der Waals surface area (Å²) < 4.78 is 14.2. The molecule has 0 saturated carbocycles. The Morgan fingerprint density at radius 3 is 2.38 bits per heavy atom. The largest absolute Gasteiger partial charge is 0.122 e. The summed E-state index contributed by atoms with van der Waals surface area (Å²) in [5.74, 6) is -1.73. The van der Waals surface area contributed by atoms with Crippen molar-refractivity contribution in [2.24, 2.45) is 0 Å². The molecule has 42 valence electrons. The number of alkyl halides is 1. The lowest BCUT2D eigenvalue weighted by Gasteiger charge is -1.88. The number of hydrogen-bond donors (Lipinski definition) is 0. The molecule has 1 aromatic carbocycles. The SMILES string of the molecule is [2H]C([2H])(Cl)c1ccccc1. The zero-order valence-corrected chi connectivity index (χ0v) is 5.02. The van der Waals surface area contributed by atoms with Crippen molar-refractivity contribution >= 4 is 11.6 Å². The second-order valence-electron chi connectivity index (χ2n) is 1.46. The molecule has 0 aliphatic carbocycles. The van der Waals surface area contributed by atoms with Crippen LogP contribution in [0.3, 0.4) is 0 Å². The monoisotopic (exact) mass is 128 g/mol. The fourth-order valence-electron chi connectivity index (χ4n) is 0.501. The smallest absolute Gasteiger partial charge is 0.0486 e. The Morgan fingerprint density at radius 2 is 2.00 bits per heavy atom. The summed E-state index contributed by atoms with van der Waals surface area (Å²) in [4.78, 5) is 0. The molecule has 0 amide bonds. The lowest BCUT2D eigenvalue weighted by molar-refractivity contribution is 1.41. The van der Waals surface area contributed by atoms with Gasteiger partial charge in [0.2, 0.25) is 0 Å². The summed E-state index contributed by atoms with van der Waals surface area (Å²) in [6.07, 6.45) is 0. The van der Waals surface area contributed by atoms with Crippen LogP contribution in [0.1, 0.15) is 8.30 Å². The Bertz CT molecular complexity index is 203. The predicted molar refractivity (Wildman–Crippen MR) is 36.0 cm³/mol. The number of rotatable bonds is 1. The van der Waals surface area contributed by atoms with Crippen molar-refractivity contribution in [3.63, 3.8) is 0 Å². The molecule has 1 heteroatoms. The van der Waals surface area contributed by atoms with Crippen molar-refractivity contribution in [2.45, 2.75) is 5.83 Å². The van der Waals surface area contributed by atoms with E-state index in [2.05, 4.69) is 0 Å². The molecule has 0 atom stereocenters.